The predicted molar refractivity (Wildman–Crippen MR) is 79.0 cm³/mol. The van der Waals surface area contributed by atoms with E-state index in [2.05, 4.69) is 0 Å². The van der Waals surface area contributed by atoms with Crippen LogP contribution in [0.3, 0.4) is 0 Å². The monoisotopic (exact) mass is 305 g/mol. The maximum Gasteiger partial charge on any atom is 0.350 e. The number of rotatable bonds is 3. The Morgan fingerprint density at radius 2 is 1.81 bits per heavy atom. The molecule has 0 heterocycles. The Kier molecular flexibility index (Phi) is 4.23. The van der Waals surface area contributed by atoms with Crippen molar-refractivity contribution in [3.05, 3.63) is 68.2 Å². The molecule has 2 aromatic carbocycles. The highest BCUT2D eigenvalue weighted by Gasteiger charge is 2.23. The number of esters is 1. The number of carbonyl (C=O) groups is 1. The molecule has 21 heavy (non-hydrogen) atoms. The number of benzene rings is 2. The van der Waals surface area contributed by atoms with Crippen LogP contribution in [0.15, 0.2) is 36.4 Å². The van der Waals surface area contributed by atoms with E-state index in [4.69, 9.17) is 16.3 Å². The van der Waals surface area contributed by atoms with Crippen molar-refractivity contribution in [1.29, 1.82) is 0 Å². The second-order valence-electron chi connectivity index (χ2n) is 4.53. The quantitative estimate of drug-likeness (QED) is 0.371. The van der Waals surface area contributed by atoms with Gasteiger partial charge in [-0.2, -0.15) is 0 Å². The summed E-state index contributed by atoms with van der Waals surface area (Å²) in [4.78, 5) is 22.5. The van der Waals surface area contributed by atoms with Gasteiger partial charge in [-0.05, 0) is 37.1 Å². The lowest BCUT2D eigenvalue weighted by Gasteiger charge is -2.10. The first kappa shape index (κ1) is 15.0. The number of aryl methyl sites for hydroxylation is 2. The molecule has 0 saturated carbocycles. The minimum atomic E-state index is -0.804. The number of carbonyl (C=O) groups excluding carboxylic acids is 1. The van der Waals surface area contributed by atoms with E-state index in [9.17, 15) is 14.9 Å². The zero-order valence-corrected chi connectivity index (χ0v) is 12.2. The van der Waals surface area contributed by atoms with Gasteiger partial charge in [0.1, 0.15) is 11.3 Å². The normalized spacial score (nSPS) is 10.2. The van der Waals surface area contributed by atoms with Crippen molar-refractivity contribution in [2.24, 2.45) is 0 Å². The summed E-state index contributed by atoms with van der Waals surface area (Å²) in [5.41, 5.74) is 1.03. The van der Waals surface area contributed by atoms with Crippen LogP contribution in [0, 0.1) is 24.0 Å². The van der Waals surface area contributed by atoms with E-state index in [0.29, 0.717) is 5.75 Å². The molecule has 0 aliphatic carbocycles. The molecular formula is C15H12ClNO4. The Hall–Kier alpha value is -2.40. The van der Waals surface area contributed by atoms with Gasteiger partial charge in [-0.25, -0.2) is 4.79 Å². The van der Waals surface area contributed by atoms with Crippen LogP contribution in [0.1, 0.15) is 21.5 Å². The highest BCUT2D eigenvalue weighted by atomic mass is 35.5. The van der Waals surface area contributed by atoms with E-state index in [0.717, 1.165) is 11.1 Å². The number of para-hydroxylation sites is 1. The molecular weight excluding hydrogens is 294 g/mol. The van der Waals surface area contributed by atoms with Crippen molar-refractivity contribution in [3.8, 4) is 5.75 Å². The fourth-order valence-corrected chi connectivity index (χ4v) is 2.11. The molecule has 0 saturated heterocycles. The molecule has 0 amide bonds. The van der Waals surface area contributed by atoms with Crippen LogP contribution in [0.2, 0.25) is 5.02 Å². The lowest BCUT2D eigenvalue weighted by Crippen LogP contribution is -2.12. The molecule has 2 aromatic rings. The van der Waals surface area contributed by atoms with Crippen molar-refractivity contribution >= 4 is 23.3 Å². The number of hydrogen-bond donors (Lipinski definition) is 0. The first-order chi connectivity index (χ1) is 9.90. The summed E-state index contributed by atoms with van der Waals surface area (Å²) < 4.78 is 5.31. The van der Waals surface area contributed by atoms with Gasteiger partial charge in [-0.3, -0.25) is 10.1 Å². The van der Waals surface area contributed by atoms with Crippen molar-refractivity contribution in [1.82, 2.24) is 0 Å². The lowest BCUT2D eigenvalue weighted by molar-refractivity contribution is -0.385. The van der Waals surface area contributed by atoms with Crippen LogP contribution in [0.5, 0.6) is 5.75 Å². The third-order valence-electron chi connectivity index (χ3n) is 2.98. The zero-order chi connectivity index (χ0) is 15.6. The van der Waals surface area contributed by atoms with E-state index in [-0.39, 0.29) is 16.3 Å². The fourth-order valence-electron chi connectivity index (χ4n) is 1.94. The summed E-state index contributed by atoms with van der Waals surface area (Å²) in [6, 6.07) is 9.20. The summed E-state index contributed by atoms with van der Waals surface area (Å²) in [7, 11) is 0. The van der Waals surface area contributed by atoms with E-state index >= 15 is 0 Å². The van der Waals surface area contributed by atoms with Crippen LogP contribution in [-0.4, -0.2) is 10.9 Å². The van der Waals surface area contributed by atoms with Crippen molar-refractivity contribution < 1.29 is 14.5 Å². The number of hydrogen-bond acceptors (Lipinski definition) is 4. The Morgan fingerprint density at radius 1 is 1.19 bits per heavy atom. The Balaban J connectivity index is 2.41. The average molecular weight is 306 g/mol. The van der Waals surface area contributed by atoms with Gasteiger partial charge < -0.3 is 4.74 Å². The molecule has 0 spiro atoms. The number of nitro groups is 1. The highest BCUT2D eigenvalue weighted by Crippen LogP contribution is 2.27. The number of ether oxygens (including phenoxy) is 1. The van der Waals surface area contributed by atoms with E-state index < -0.39 is 10.9 Å². The molecule has 6 heteroatoms. The van der Waals surface area contributed by atoms with Crippen molar-refractivity contribution in [3.63, 3.8) is 0 Å². The number of halogens is 1. The summed E-state index contributed by atoms with van der Waals surface area (Å²) in [5.74, 6) is -0.404. The number of nitrogens with zero attached hydrogens (tertiary/aromatic N) is 1. The lowest BCUT2D eigenvalue weighted by atomic mass is 10.1. The molecule has 0 bridgehead atoms. The zero-order valence-electron chi connectivity index (χ0n) is 11.4. The molecule has 2 rings (SSSR count). The topological polar surface area (TPSA) is 69.4 Å². The summed E-state index contributed by atoms with van der Waals surface area (Å²) in [5, 5.41) is 11.2. The predicted octanol–water partition coefficient (Wildman–Crippen LogP) is 4.08. The van der Waals surface area contributed by atoms with E-state index in [1.54, 1.807) is 26.0 Å². The van der Waals surface area contributed by atoms with Gasteiger partial charge >= 0.3 is 5.97 Å². The molecule has 0 radical (unpaired) electrons. The molecule has 0 fully saturated rings. The smallest absolute Gasteiger partial charge is 0.350 e. The van der Waals surface area contributed by atoms with Crippen molar-refractivity contribution in [2.45, 2.75) is 13.8 Å². The van der Waals surface area contributed by atoms with Gasteiger partial charge in [0.25, 0.3) is 5.69 Å². The maximum absolute atomic E-state index is 12.2. The largest absolute Gasteiger partial charge is 0.422 e. The molecule has 0 N–H and O–H groups in total. The number of nitro benzene ring substituents is 1. The summed E-state index contributed by atoms with van der Waals surface area (Å²) >= 11 is 5.80. The summed E-state index contributed by atoms with van der Waals surface area (Å²) in [6.07, 6.45) is 0. The van der Waals surface area contributed by atoms with Crippen LogP contribution in [0.4, 0.5) is 5.69 Å². The van der Waals surface area contributed by atoms with Crippen molar-refractivity contribution in [2.75, 3.05) is 0 Å². The van der Waals surface area contributed by atoms with Gasteiger partial charge in [-0.15, -0.1) is 0 Å². The van der Waals surface area contributed by atoms with Gasteiger partial charge in [0.2, 0.25) is 0 Å². The molecule has 5 nitrogen and oxygen atoms in total. The molecule has 0 aliphatic rings. The molecule has 0 unspecified atom stereocenters. The van der Waals surface area contributed by atoms with Crippen LogP contribution >= 0.6 is 11.6 Å². The first-order valence-electron chi connectivity index (χ1n) is 6.12. The minimum Gasteiger partial charge on any atom is -0.422 e. The van der Waals surface area contributed by atoms with Crippen LogP contribution in [-0.2, 0) is 0 Å². The standard InChI is InChI=1S/C15H12ClNO4/c1-9-4-3-5-10(2)14(9)21-15(18)12-8-11(16)6-7-13(12)17(19)20/h3-8H,1-2H3. The van der Waals surface area contributed by atoms with Gasteiger partial charge in [0, 0.05) is 11.1 Å². The minimum absolute atomic E-state index is 0.171. The third kappa shape index (κ3) is 3.20. The second-order valence-corrected chi connectivity index (χ2v) is 4.97. The van der Waals surface area contributed by atoms with Gasteiger partial charge in [0.05, 0.1) is 4.92 Å². The Morgan fingerprint density at radius 3 is 2.38 bits per heavy atom. The van der Waals surface area contributed by atoms with Gasteiger partial charge in [-0.1, -0.05) is 29.8 Å². The SMILES string of the molecule is Cc1cccc(C)c1OC(=O)c1cc(Cl)ccc1[N+](=O)[O-]. The highest BCUT2D eigenvalue weighted by molar-refractivity contribution is 6.31. The molecule has 0 atom stereocenters. The average Bonchev–Trinajstić information content (AvgIpc) is 2.42. The fraction of sp³-hybridized carbons (Fsp3) is 0.133. The third-order valence-corrected chi connectivity index (χ3v) is 3.21. The molecule has 0 aromatic heterocycles. The van der Waals surface area contributed by atoms with Crippen LogP contribution < -0.4 is 4.74 Å². The first-order valence-corrected chi connectivity index (χ1v) is 6.50. The van der Waals surface area contributed by atoms with E-state index in [1.165, 1.54) is 18.2 Å². The Bertz CT molecular complexity index is 707. The summed E-state index contributed by atoms with van der Waals surface area (Å²) in [6.45, 7) is 3.59. The molecule has 0 aliphatic heterocycles. The maximum atomic E-state index is 12.2. The van der Waals surface area contributed by atoms with Gasteiger partial charge in [0.15, 0.2) is 0 Å². The van der Waals surface area contributed by atoms with E-state index in [1.807, 2.05) is 6.07 Å². The second kappa shape index (κ2) is 5.93. The Labute approximate surface area is 126 Å². The molecule has 108 valence electrons. The van der Waals surface area contributed by atoms with Crippen LogP contribution in [0.25, 0.3) is 0 Å².